The number of thioether (sulfide) groups is 1. The minimum absolute atomic E-state index is 0.0334. The lowest BCUT2D eigenvalue weighted by Crippen LogP contribution is -1.96. The number of benzene rings is 2. The minimum Gasteiger partial charge on any atom is -0.454 e. The van der Waals surface area contributed by atoms with E-state index in [4.69, 9.17) is 9.47 Å². The van der Waals surface area contributed by atoms with E-state index in [0.717, 1.165) is 4.90 Å². The first-order chi connectivity index (χ1) is 11.1. The van der Waals surface area contributed by atoms with Gasteiger partial charge in [0.15, 0.2) is 11.5 Å². The highest BCUT2D eigenvalue weighted by Gasteiger charge is 2.28. The topological polar surface area (TPSA) is 78.7 Å². The van der Waals surface area contributed by atoms with Gasteiger partial charge in [0.2, 0.25) is 12.6 Å². The van der Waals surface area contributed by atoms with Crippen LogP contribution in [-0.4, -0.2) is 17.5 Å². The molecule has 4 rings (SSSR count). The maximum Gasteiger partial charge on any atom is 0.280 e. The van der Waals surface area contributed by atoms with Gasteiger partial charge >= 0.3 is 0 Å². The van der Waals surface area contributed by atoms with Crippen molar-refractivity contribution < 1.29 is 19.2 Å². The number of hydrogen-bond donors (Lipinski definition) is 0. The predicted molar refractivity (Wildman–Crippen MR) is 83.8 cm³/mol. The van der Waals surface area contributed by atoms with Gasteiger partial charge in [0.1, 0.15) is 0 Å². The molecule has 0 saturated carbocycles. The Balaban J connectivity index is 1.81. The van der Waals surface area contributed by atoms with Crippen molar-refractivity contribution in [2.24, 2.45) is 0 Å². The van der Waals surface area contributed by atoms with Gasteiger partial charge in [0.25, 0.3) is 5.69 Å². The van der Waals surface area contributed by atoms with Crippen LogP contribution in [0, 0.1) is 10.1 Å². The zero-order chi connectivity index (χ0) is 16.0. The average molecular weight is 327 g/mol. The second-order valence-electron chi connectivity index (χ2n) is 4.96. The molecule has 2 aliphatic rings. The van der Waals surface area contributed by atoms with Gasteiger partial charge in [0.05, 0.1) is 21.5 Å². The van der Waals surface area contributed by atoms with Crippen LogP contribution in [0.25, 0.3) is 6.08 Å². The third kappa shape index (κ3) is 2.25. The zero-order valence-corrected chi connectivity index (χ0v) is 12.5. The van der Waals surface area contributed by atoms with Gasteiger partial charge in [-0.15, -0.1) is 0 Å². The van der Waals surface area contributed by atoms with E-state index >= 15 is 0 Å². The predicted octanol–water partition coefficient (Wildman–Crippen LogP) is 3.65. The van der Waals surface area contributed by atoms with Gasteiger partial charge in [-0.2, -0.15) is 0 Å². The summed E-state index contributed by atoms with van der Waals surface area (Å²) in [4.78, 5) is 24.5. The first-order valence-electron chi connectivity index (χ1n) is 6.75. The third-order valence-electron chi connectivity index (χ3n) is 3.58. The van der Waals surface area contributed by atoms with Crippen LogP contribution in [0.3, 0.4) is 0 Å². The van der Waals surface area contributed by atoms with Crippen molar-refractivity contribution >= 4 is 29.3 Å². The minimum atomic E-state index is -0.494. The van der Waals surface area contributed by atoms with E-state index in [-0.39, 0.29) is 18.3 Å². The van der Waals surface area contributed by atoms with E-state index in [1.54, 1.807) is 12.1 Å². The molecule has 2 aliphatic heterocycles. The lowest BCUT2D eigenvalue weighted by atomic mass is 10.1. The summed E-state index contributed by atoms with van der Waals surface area (Å²) in [5, 5.41) is 11.3. The molecule has 0 radical (unpaired) electrons. The Morgan fingerprint density at radius 1 is 1.17 bits per heavy atom. The number of rotatable bonds is 2. The monoisotopic (exact) mass is 327 g/mol. The largest absolute Gasteiger partial charge is 0.454 e. The normalized spacial score (nSPS) is 16.7. The maximum atomic E-state index is 12.4. The Morgan fingerprint density at radius 3 is 2.65 bits per heavy atom. The summed E-state index contributed by atoms with van der Waals surface area (Å²) in [5.74, 6) is 0.653. The lowest BCUT2D eigenvalue weighted by Gasteiger charge is -2.02. The summed E-state index contributed by atoms with van der Waals surface area (Å²) in [5.41, 5.74) is 0.821. The summed E-state index contributed by atoms with van der Waals surface area (Å²) in [7, 11) is 0. The quantitative estimate of drug-likeness (QED) is 0.476. The number of Topliss-reactive ketones (excluding diaryl/α,β-unsaturated/α-hetero) is 1. The highest BCUT2D eigenvalue weighted by molar-refractivity contribution is 8.04. The Morgan fingerprint density at radius 2 is 1.91 bits per heavy atom. The van der Waals surface area contributed by atoms with Crippen LogP contribution in [-0.2, 0) is 0 Å². The zero-order valence-electron chi connectivity index (χ0n) is 11.6. The molecule has 0 amide bonds. The van der Waals surface area contributed by atoms with Crippen LogP contribution in [0.5, 0.6) is 11.5 Å². The molecule has 0 N–H and O–H groups in total. The van der Waals surface area contributed by atoms with Crippen LogP contribution in [0.4, 0.5) is 5.69 Å². The van der Waals surface area contributed by atoms with E-state index in [1.165, 1.54) is 30.0 Å². The molecular formula is C16H9NO5S. The Kier molecular flexibility index (Phi) is 3.09. The van der Waals surface area contributed by atoms with Crippen molar-refractivity contribution in [3.63, 3.8) is 0 Å². The number of allylic oxidation sites excluding steroid dienone is 1. The van der Waals surface area contributed by atoms with Crippen LogP contribution < -0.4 is 9.47 Å². The van der Waals surface area contributed by atoms with E-state index < -0.39 is 4.92 Å². The molecule has 0 bridgehead atoms. The molecule has 7 heteroatoms. The molecule has 0 aliphatic carbocycles. The van der Waals surface area contributed by atoms with E-state index in [2.05, 4.69) is 0 Å². The highest BCUT2D eigenvalue weighted by atomic mass is 32.2. The maximum absolute atomic E-state index is 12.4. The molecular weight excluding hydrogens is 318 g/mol. The molecule has 2 heterocycles. The van der Waals surface area contributed by atoms with E-state index in [9.17, 15) is 14.9 Å². The fraction of sp³-hybridized carbons (Fsp3) is 0.0625. The Bertz CT molecular complexity index is 890. The van der Waals surface area contributed by atoms with Crippen LogP contribution in [0.2, 0.25) is 0 Å². The molecule has 6 nitrogen and oxygen atoms in total. The molecule has 23 heavy (non-hydrogen) atoms. The van der Waals surface area contributed by atoms with Crippen molar-refractivity contribution in [1.29, 1.82) is 0 Å². The van der Waals surface area contributed by atoms with Gasteiger partial charge in [-0.05, 0) is 24.3 Å². The molecule has 0 fully saturated rings. The van der Waals surface area contributed by atoms with Crippen molar-refractivity contribution in [1.82, 2.24) is 0 Å². The molecule has 0 saturated heterocycles. The SMILES string of the molecule is O=C1C(=Cc2cc3c(cc2[N+](=O)[O-])OCO3)Sc2ccccc21. The molecule has 0 unspecified atom stereocenters. The molecule has 2 aromatic carbocycles. The Labute approximate surface area is 134 Å². The first kappa shape index (κ1) is 13.8. The number of ketones is 1. The number of carbonyl (C=O) groups is 1. The number of nitro groups is 1. The van der Waals surface area contributed by atoms with Crippen molar-refractivity contribution in [3.8, 4) is 11.5 Å². The third-order valence-corrected chi connectivity index (χ3v) is 4.68. The fourth-order valence-corrected chi connectivity index (χ4v) is 3.54. The second-order valence-corrected chi connectivity index (χ2v) is 6.04. The number of fused-ring (bicyclic) bond motifs is 2. The molecule has 0 aromatic heterocycles. The second kappa shape index (κ2) is 5.13. The fourth-order valence-electron chi connectivity index (χ4n) is 2.50. The van der Waals surface area contributed by atoms with Crippen LogP contribution >= 0.6 is 11.8 Å². The number of ether oxygens (including phenoxy) is 2. The highest BCUT2D eigenvalue weighted by Crippen LogP contribution is 2.43. The molecule has 0 atom stereocenters. The number of nitrogens with zero attached hydrogens (tertiary/aromatic N) is 1. The summed E-state index contributed by atoms with van der Waals surface area (Å²) in [6.07, 6.45) is 1.53. The standard InChI is InChI=1S/C16H9NO5S/c18-16-10-3-1-2-4-14(10)23-15(16)6-9-5-12-13(22-8-21-12)7-11(9)17(19)20/h1-7H,8H2. The van der Waals surface area contributed by atoms with Gasteiger partial charge in [0, 0.05) is 10.5 Å². The van der Waals surface area contributed by atoms with Gasteiger partial charge in [-0.1, -0.05) is 23.9 Å². The van der Waals surface area contributed by atoms with Gasteiger partial charge in [-0.25, -0.2) is 0 Å². The smallest absolute Gasteiger partial charge is 0.280 e. The average Bonchev–Trinajstić information content (AvgIpc) is 3.11. The summed E-state index contributed by atoms with van der Waals surface area (Å²) in [6.45, 7) is 0.0334. The number of carbonyl (C=O) groups excluding carboxylic acids is 1. The number of hydrogen-bond acceptors (Lipinski definition) is 6. The number of nitro benzene ring substituents is 1. The van der Waals surface area contributed by atoms with E-state index in [1.807, 2.05) is 12.1 Å². The van der Waals surface area contributed by atoms with E-state index in [0.29, 0.717) is 27.5 Å². The van der Waals surface area contributed by atoms with Crippen molar-refractivity contribution in [2.75, 3.05) is 6.79 Å². The molecule has 114 valence electrons. The van der Waals surface area contributed by atoms with Gasteiger partial charge in [-0.3, -0.25) is 14.9 Å². The molecule has 2 aromatic rings. The van der Waals surface area contributed by atoms with Crippen LogP contribution in [0.15, 0.2) is 46.2 Å². The lowest BCUT2D eigenvalue weighted by molar-refractivity contribution is -0.385. The summed E-state index contributed by atoms with van der Waals surface area (Å²) < 4.78 is 10.4. The van der Waals surface area contributed by atoms with Gasteiger partial charge < -0.3 is 9.47 Å². The summed E-state index contributed by atoms with van der Waals surface area (Å²) >= 11 is 1.31. The Hall–Kier alpha value is -2.80. The summed E-state index contributed by atoms with van der Waals surface area (Å²) in [6, 6.07) is 10.1. The van der Waals surface area contributed by atoms with Crippen molar-refractivity contribution in [2.45, 2.75) is 4.90 Å². The van der Waals surface area contributed by atoms with Crippen LogP contribution in [0.1, 0.15) is 15.9 Å². The van der Waals surface area contributed by atoms with Crippen molar-refractivity contribution in [3.05, 3.63) is 62.5 Å². The first-order valence-corrected chi connectivity index (χ1v) is 7.56. The molecule has 0 spiro atoms.